The van der Waals surface area contributed by atoms with E-state index in [9.17, 15) is 20.4 Å². The van der Waals surface area contributed by atoms with E-state index in [0.717, 1.165) is 0 Å². The van der Waals surface area contributed by atoms with E-state index in [0.29, 0.717) is 16.9 Å². The van der Waals surface area contributed by atoms with E-state index >= 15 is 0 Å². The standard InChI is InChI=1S/C15H14O5/c16-9-3-1-8(2-4-9)15-13(19)7-11-12(18)5-10(17)6-14(11)20-15/h1-6,13,15-19H,7H2/t13-,15?/m0/s1. The number of fused-ring (bicyclic) bond motifs is 1. The van der Waals surface area contributed by atoms with Crippen molar-refractivity contribution >= 4 is 0 Å². The third-order valence-electron chi connectivity index (χ3n) is 3.41. The zero-order chi connectivity index (χ0) is 14.3. The van der Waals surface area contributed by atoms with Crippen molar-refractivity contribution in [2.45, 2.75) is 18.6 Å². The Balaban J connectivity index is 1.98. The molecular formula is C15H14O5. The molecule has 5 nitrogen and oxygen atoms in total. The number of aliphatic hydroxyl groups is 1. The number of hydrogen-bond acceptors (Lipinski definition) is 5. The van der Waals surface area contributed by atoms with Crippen molar-refractivity contribution in [3.05, 3.63) is 47.5 Å². The second kappa shape index (κ2) is 4.61. The highest BCUT2D eigenvalue weighted by Gasteiger charge is 2.31. The third-order valence-corrected chi connectivity index (χ3v) is 3.41. The number of ether oxygens (including phenoxy) is 1. The largest absolute Gasteiger partial charge is 0.508 e. The van der Waals surface area contributed by atoms with Crippen molar-refractivity contribution in [3.63, 3.8) is 0 Å². The average Bonchev–Trinajstić information content (AvgIpc) is 2.40. The maximum absolute atomic E-state index is 10.2. The second-order valence-electron chi connectivity index (χ2n) is 4.84. The molecule has 1 unspecified atom stereocenters. The van der Waals surface area contributed by atoms with Gasteiger partial charge in [-0.05, 0) is 17.7 Å². The summed E-state index contributed by atoms with van der Waals surface area (Å²) in [6, 6.07) is 8.99. The Labute approximate surface area is 115 Å². The van der Waals surface area contributed by atoms with E-state index in [1.165, 1.54) is 24.3 Å². The molecule has 5 heteroatoms. The van der Waals surface area contributed by atoms with Gasteiger partial charge in [-0.3, -0.25) is 0 Å². The Morgan fingerprint density at radius 2 is 1.65 bits per heavy atom. The average molecular weight is 274 g/mol. The summed E-state index contributed by atoms with van der Waals surface area (Å²) in [4.78, 5) is 0. The Morgan fingerprint density at radius 1 is 0.950 bits per heavy atom. The van der Waals surface area contributed by atoms with Crippen LogP contribution in [0.15, 0.2) is 36.4 Å². The first kappa shape index (κ1) is 12.6. The highest BCUT2D eigenvalue weighted by molar-refractivity contribution is 5.51. The molecule has 0 amide bonds. The number of hydrogen-bond donors (Lipinski definition) is 4. The number of phenolic OH excluding ortho intramolecular Hbond substituents is 3. The van der Waals surface area contributed by atoms with Crippen molar-refractivity contribution in [1.29, 1.82) is 0 Å². The molecule has 1 aliphatic rings. The number of rotatable bonds is 1. The first-order chi connectivity index (χ1) is 9.54. The minimum absolute atomic E-state index is 0.0943. The van der Waals surface area contributed by atoms with Crippen LogP contribution in [0.25, 0.3) is 0 Å². The molecule has 2 atom stereocenters. The molecule has 0 saturated carbocycles. The number of benzene rings is 2. The smallest absolute Gasteiger partial charge is 0.150 e. The molecule has 4 N–H and O–H groups in total. The normalized spacial score (nSPS) is 21.1. The molecule has 0 aliphatic carbocycles. The molecule has 104 valence electrons. The van der Waals surface area contributed by atoms with E-state index in [1.54, 1.807) is 12.1 Å². The van der Waals surface area contributed by atoms with Crippen molar-refractivity contribution in [3.8, 4) is 23.0 Å². The van der Waals surface area contributed by atoms with Crippen LogP contribution in [0.1, 0.15) is 17.2 Å². The summed E-state index contributed by atoms with van der Waals surface area (Å²) in [6.45, 7) is 0. The van der Waals surface area contributed by atoms with E-state index in [2.05, 4.69) is 0 Å². The summed E-state index contributed by atoms with van der Waals surface area (Å²) >= 11 is 0. The summed E-state index contributed by atoms with van der Waals surface area (Å²) in [7, 11) is 0. The summed E-state index contributed by atoms with van der Waals surface area (Å²) in [5.74, 6) is 0.297. The van der Waals surface area contributed by atoms with Crippen LogP contribution < -0.4 is 4.74 Å². The minimum atomic E-state index is -0.817. The van der Waals surface area contributed by atoms with Crippen molar-refractivity contribution in [1.82, 2.24) is 0 Å². The fourth-order valence-corrected chi connectivity index (χ4v) is 2.41. The van der Waals surface area contributed by atoms with E-state index in [-0.39, 0.29) is 23.7 Å². The van der Waals surface area contributed by atoms with Gasteiger partial charge in [-0.2, -0.15) is 0 Å². The molecule has 3 rings (SSSR count). The van der Waals surface area contributed by atoms with Gasteiger partial charge in [0.1, 0.15) is 29.1 Å². The lowest BCUT2D eigenvalue weighted by Gasteiger charge is -2.31. The van der Waals surface area contributed by atoms with E-state index in [4.69, 9.17) is 4.74 Å². The lowest BCUT2D eigenvalue weighted by Crippen LogP contribution is -2.30. The van der Waals surface area contributed by atoms with Crippen LogP contribution in [0.5, 0.6) is 23.0 Å². The summed E-state index contributed by atoms with van der Waals surface area (Å²) < 4.78 is 5.68. The highest BCUT2D eigenvalue weighted by Crippen LogP contribution is 2.41. The highest BCUT2D eigenvalue weighted by atomic mass is 16.5. The fourth-order valence-electron chi connectivity index (χ4n) is 2.41. The lowest BCUT2D eigenvalue weighted by molar-refractivity contribution is 0.0198. The van der Waals surface area contributed by atoms with Gasteiger partial charge >= 0.3 is 0 Å². The topological polar surface area (TPSA) is 90.2 Å². The van der Waals surface area contributed by atoms with Gasteiger partial charge in [0, 0.05) is 24.1 Å². The van der Waals surface area contributed by atoms with Gasteiger partial charge in [-0.25, -0.2) is 0 Å². The summed E-state index contributed by atoms with van der Waals surface area (Å²) in [5, 5.41) is 38.7. The lowest BCUT2D eigenvalue weighted by atomic mass is 9.94. The van der Waals surface area contributed by atoms with Crippen LogP contribution in [0.3, 0.4) is 0 Å². The van der Waals surface area contributed by atoms with Crippen LogP contribution in [-0.4, -0.2) is 26.5 Å². The monoisotopic (exact) mass is 274 g/mol. The molecule has 2 aromatic rings. The Bertz CT molecular complexity index is 635. The molecular weight excluding hydrogens is 260 g/mol. The maximum atomic E-state index is 10.2. The maximum Gasteiger partial charge on any atom is 0.150 e. The summed E-state index contributed by atoms with van der Waals surface area (Å²) in [5.41, 5.74) is 1.19. The van der Waals surface area contributed by atoms with Gasteiger partial charge in [0.25, 0.3) is 0 Å². The molecule has 0 saturated heterocycles. The van der Waals surface area contributed by atoms with Gasteiger partial charge in [-0.15, -0.1) is 0 Å². The quantitative estimate of drug-likeness (QED) is 0.637. The van der Waals surface area contributed by atoms with Crippen molar-refractivity contribution < 1.29 is 25.2 Å². The number of phenols is 3. The molecule has 0 fully saturated rings. The fraction of sp³-hybridized carbons (Fsp3) is 0.200. The van der Waals surface area contributed by atoms with Gasteiger partial charge in [0.2, 0.25) is 0 Å². The third kappa shape index (κ3) is 2.12. The van der Waals surface area contributed by atoms with E-state index < -0.39 is 12.2 Å². The molecule has 1 heterocycles. The van der Waals surface area contributed by atoms with Gasteiger partial charge in [0.05, 0.1) is 6.10 Å². The number of aliphatic hydroxyl groups excluding tert-OH is 1. The zero-order valence-electron chi connectivity index (χ0n) is 10.5. The number of aromatic hydroxyl groups is 3. The first-order valence-electron chi connectivity index (χ1n) is 6.23. The molecule has 1 aliphatic heterocycles. The van der Waals surface area contributed by atoms with Gasteiger partial charge < -0.3 is 25.2 Å². The predicted octanol–water partition coefficient (Wildman–Crippen LogP) is 1.84. The minimum Gasteiger partial charge on any atom is -0.508 e. The Morgan fingerprint density at radius 3 is 2.35 bits per heavy atom. The Kier molecular flexibility index (Phi) is 2.91. The molecule has 2 aromatic carbocycles. The van der Waals surface area contributed by atoms with Gasteiger partial charge in [0.15, 0.2) is 0 Å². The predicted molar refractivity (Wildman–Crippen MR) is 71.0 cm³/mol. The molecule has 0 spiro atoms. The van der Waals surface area contributed by atoms with E-state index in [1.807, 2.05) is 0 Å². The zero-order valence-corrected chi connectivity index (χ0v) is 10.5. The molecule has 20 heavy (non-hydrogen) atoms. The van der Waals surface area contributed by atoms with Crippen LogP contribution >= 0.6 is 0 Å². The molecule has 0 radical (unpaired) electrons. The van der Waals surface area contributed by atoms with Crippen molar-refractivity contribution in [2.75, 3.05) is 0 Å². The Hall–Kier alpha value is -2.40. The van der Waals surface area contributed by atoms with Crippen LogP contribution in [-0.2, 0) is 6.42 Å². The van der Waals surface area contributed by atoms with Crippen LogP contribution in [0.2, 0.25) is 0 Å². The van der Waals surface area contributed by atoms with Crippen LogP contribution in [0, 0.1) is 0 Å². The van der Waals surface area contributed by atoms with Crippen molar-refractivity contribution in [2.24, 2.45) is 0 Å². The molecule has 0 bridgehead atoms. The van der Waals surface area contributed by atoms with Gasteiger partial charge in [-0.1, -0.05) is 12.1 Å². The SMILES string of the molecule is Oc1ccc(C2Oc3cc(O)cc(O)c3C[C@@H]2O)cc1. The summed E-state index contributed by atoms with van der Waals surface area (Å²) in [6.07, 6.45) is -1.20. The second-order valence-corrected chi connectivity index (χ2v) is 4.84. The first-order valence-corrected chi connectivity index (χ1v) is 6.23. The van der Waals surface area contributed by atoms with Crippen LogP contribution in [0.4, 0.5) is 0 Å². The molecule has 0 aromatic heterocycles.